The summed E-state index contributed by atoms with van der Waals surface area (Å²) in [7, 11) is 0.399. The van der Waals surface area contributed by atoms with Crippen LogP contribution < -0.4 is 0 Å². The summed E-state index contributed by atoms with van der Waals surface area (Å²) in [5.41, 5.74) is 0. The van der Waals surface area contributed by atoms with Crippen LogP contribution in [0.5, 0.6) is 0 Å². The van der Waals surface area contributed by atoms with E-state index in [1.54, 1.807) is 0 Å². The van der Waals surface area contributed by atoms with Crippen molar-refractivity contribution in [3.63, 3.8) is 0 Å². The lowest BCUT2D eigenvalue weighted by atomic mass is 9.80. The highest BCUT2D eigenvalue weighted by atomic mass is 19.3. The van der Waals surface area contributed by atoms with Crippen molar-refractivity contribution in [3.05, 3.63) is 0 Å². The van der Waals surface area contributed by atoms with E-state index in [4.69, 9.17) is 0 Å². The first-order chi connectivity index (χ1) is 5.22. The van der Waals surface area contributed by atoms with Crippen LogP contribution in [0.4, 0.5) is 26.3 Å². The Hall–Kier alpha value is -0.460. The molecule has 0 aromatic rings. The van der Waals surface area contributed by atoms with Crippen LogP contribution >= 0.6 is 0 Å². The molecule has 0 aliphatic heterocycles. The van der Waals surface area contributed by atoms with Crippen LogP contribution in [0.3, 0.4) is 0 Å². The summed E-state index contributed by atoms with van der Waals surface area (Å²) < 4.78 is 76.1. The highest BCUT2D eigenvalue weighted by molar-refractivity contribution is 5.18. The van der Waals surface area contributed by atoms with E-state index >= 15 is 0 Å². The van der Waals surface area contributed by atoms with Gasteiger partial charge in [-0.15, -0.1) is 0 Å². The predicted molar refractivity (Wildman–Crippen MR) is 25.6 cm³/mol. The molecule has 0 spiro atoms. The lowest BCUT2D eigenvalue weighted by Crippen LogP contribution is -2.79. The molecule has 12 heavy (non-hydrogen) atoms. The molecule has 72 valence electrons. The van der Waals surface area contributed by atoms with Crippen LogP contribution in [-0.4, -0.2) is 31.0 Å². The highest BCUT2D eigenvalue weighted by Crippen LogP contribution is 2.61. The molecule has 0 N–H and O–H groups in total. The Morgan fingerprint density at radius 3 is 1.67 bits per heavy atom. The van der Waals surface area contributed by atoms with Crippen molar-refractivity contribution in [1.29, 1.82) is 0 Å². The number of halogens is 6. The molecule has 2 unspecified atom stereocenters. The fourth-order valence-electron chi connectivity index (χ4n) is 0.933. The molecule has 1 saturated carbocycles. The minimum atomic E-state index is -5.10. The van der Waals surface area contributed by atoms with Crippen molar-refractivity contribution >= 4 is 0 Å². The molecule has 1 aliphatic carbocycles. The van der Waals surface area contributed by atoms with Gasteiger partial charge in [-0.2, -0.15) is 17.6 Å². The van der Waals surface area contributed by atoms with Crippen molar-refractivity contribution in [3.8, 4) is 0 Å². The fraction of sp³-hybridized carbons (Fsp3) is 1.00. The molecule has 0 aromatic heterocycles. The number of hydrogen-bond acceptors (Lipinski definition) is 1. The van der Waals surface area contributed by atoms with Crippen molar-refractivity contribution in [1.82, 2.24) is 0 Å². The van der Waals surface area contributed by atoms with Crippen molar-refractivity contribution < 1.29 is 31.1 Å². The second kappa shape index (κ2) is 2.07. The molecule has 0 saturated heterocycles. The number of rotatable bonds is 1. The molecular formula is C5H4F6O. The van der Waals surface area contributed by atoms with Gasteiger partial charge in [0.15, 0.2) is 0 Å². The topological polar surface area (TPSA) is 9.23 Å². The minimum absolute atomic E-state index is 0.399. The molecule has 0 amide bonds. The summed E-state index contributed by atoms with van der Waals surface area (Å²) in [6, 6.07) is 0. The van der Waals surface area contributed by atoms with Gasteiger partial charge in [-0.3, -0.25) is 0 Å². The lowest BCUT2D eigenvalue weighted by Gasteiger charge is -2.49. The second-order valence-corrected chi connectivity index (χ2v) is 2.41. The number of ether oxygens (including phenoxy) is 1. The molecular weight excluding hydrogens is 190 g/mol. The van der Waals surface area contributed by atoms with Crippen molar-refractivity contribution in [2.75, 3.05) is 7.11 Å². The zero-order chi connectivity index (χ0) is 9.78. The summed E-state index contributed by atoms with van der Waals surface area (Å²) in [5, 5.41) is 0. The number of alkyl halides is 6. The van der Waals surface area contributed by atoms with Gasteiger partial charge in [0.1, 0.15) is 0 Å². The van der Waals surface area contributed by atoms with Crippen LogP contribution in [-0.2, 0) is 4.74 Å². The third-order valence-electron chi connectivity index (χ3n) is 1.79. The first-order valence-electron chi connectivity index (χ1n) is 2.85. The standard InChI is InChI=1S/C5H4F6O/c1-12-4(9)2(6)3(7,8)5(4,10)11/h2H,1H3. The molecule has 7 heteroatoms. The fourth-order valence-corrected chi connectivity index (χ4v) is 0.933. The maximum Gasteiger partial charge on any atom is 0.373 e. The zero-order valence-electron chi connectivity index (χ0n) is 5.75. The van der Waals surface area contributed by atoms with E-state index in [-0.39, 0.29) is 0 Å². The van der Waals surface area contributed by atoms with E-state index in [0.29, 0.717) is 7.11 Å². The van der Waals surface area contributed by atoms with E-state index < -0.39 is 23.9 Å². The average Bonchev–Trinajstić information content (AvgIpc) is 2.00. The van der Waals surface area contributed by atoms with Crippen molar-refractivity contribution in [2.45, 2.75) is 23.9 Å². The molecule has 1 rings (SSSR count). The first-order valence-corrected chi connectivity index (χ1v) is 2.85. The quantitative estimate of drug-likeness (QED) is 0.579. The maximum atomic E-state index is 12.5. The summed E-state index contributed by atoms with van der Waals surface area (Å²) in [6.45, 7) is 0. The zero-order valence-corrected chi connectivity index (χ0v) is 5.75. The molecule has 0 radical (unpaired) electrons. The van der Waals surface area contributed by atoms with Gasteiger partial charge in [-0.25, -0.2) is 8.78 Å². The SMILES string of the molecule is COC1(F)C(F)C(F)(F)C1(F)F. The Bertz CT molecular complexity index is 201. The molecule has 1 fully saturated rings. The average molecular weight is 194 g/mol. The Balaban J connectivity index is 3.00. The molecule has 1 nitrogen and oxygen atoms in total. The summed E-state index contributed by atoms with van der Waals surface area (Å²) in [4.78, 5) is 0. The van der Waals surface area contributed by atoms with Gasteiger partial charge in [-0.05, 0) is 0 Å². The number of hydrogen-bond donors (Lipinski definition) is 0. The normalized spacial score (nSPS) is 43.8. The van der Waals surface area contributed by atoms with Crippen LogP contribution in [0, 0.1) is 0 Å². The maximum absolute atomic E-state index is 12.5. The molecule has 0 bridgehead atoms. The first kappa shape index (κ1) is 9.63. The Kier molecular flexibility index (Phi) is 1.66. The van der Waals surface area contributed by atoms with Crippen molar-refractivity contribution in [2.24, 2.45) is 0 Å². The van der Waals surface area contributed by atoms with Gasteiger partial charge in [-0.1, -0.05) is 0 Å². The monoisotopic (exact) mass is 194 g/mol. The lowest BCUT2D eigenvalue weighted by molar-refractivity contribution is -0.459. The molecule has 1 aliphatic rings. The summed E-state index contributed by atoms with van der Waals surface area (Å²) >= 11 is 0. The summed E-state index contributed by atoms with van der Waals surface area (Å²) in [5.74, 6) is -14.3. The van der Waals surface area contributed by atoms with Crippen LogP contribution in [0.15, 0.2) is 0 Å². The third-order valence-corrected chi connectivity index (χ3v) is 1.79. The Morgan fingerprint density at radius 2 is 1.50 bits per heavy atom. The van der Waals surface area contributed by atoms with Gasteiger partial charge in [0.2, 0.25) is 6.17 Å². The molecule has 2 atom stereocenters. The minimum Gasteiger partial charge on any atom is -0.342 e. The number of methoxy groups -OCH3 is 1. The molecule has 0 heterocycles. The third kappa shape index (κ3) is 0.657. The van der Waals surface area contributed by atoms with Gasteiger partial charge < -0.3 is 4.74 Å². The smallest absolute Gasteiger partial charge is 0.342 e. The van der Waals surface area contributed by atoms with Crippen LogP contribution in [0.2, 0.25) is 0 Å². The largest absolute Gasteiger partial charge is 0.373 e. The van der Waals surface area contributed by atoms with E-state index in [9.17, 15) is 26.3 Å². The van der Waals surface area contributed by atoms with Gasteiger partial charge in [0.05, 0.1) is 0 Å². The molecule has 0 aromatic carbocycles. The van der Waals surface area contributed by atoms with E-state index in [1.807, 2.05) is 0 Å². The van der Waals surface area contributed by atoms with Gasteiger partial charge >= 0.3 is 17.7 Å². The van der Waals surface area contributed by atoms with Crippen LogP contribution in [0.1, 0.15) is 0 Å². The Morgan fingerprint density at radius 1 is 1.08 bits per heavy atom. The van der Waals surface area contributed by atoms with E-state index in [0.717, 1.165) is 0 Å². The van der Waals surface area contributed by atoms with E-state index in [2.05, 4.69) is 4.74 Å². The van der Waals surface area contributed by atoms with Crippen LogP contribution in [0.25, 0.3) is 0 Å². The van der Waals surface area contributed by atoms with Gasteiger partial charge in [0, 0.05) is 7.11 Å². The van der Waals surface area contributed by atoms with E-state index in [1.165, 1.54) is 0 Å². The predicted octanol–water partition coefficient (Wildman–Crippen LogP) is 1.92. The summed E-state index contributed by atoms with van der Waals surface area (Å²) in [6.07, 6.45) is -3.62. The van der Waals surface area contributed by atoms with Gasteiger partial charge in [0.25, 0.3) is 0 Å². The Labute approximate surface area is 63.3 Å². The highest BCUT2D eigenvalue weighted by Gasteiger charge is 2.91. The second-order valence-electron chi connectivity index (χ2n) is 2.41.